The fourth-order valence-electron chi connectivity index (χ4n) is 3.93. The normalized spacial score (nSPS) is 11.4. The Balaban J connectivity index is 1.49. The van der Waals surface area contributed by atoms with Gasteiger partial charge in [0.15, 0.2) is 11.4 Å². The number of aromatic nitrogens is 5. The molecule has 6 aromatic rings. The van der Waals surface area contributed by atoms with Gasteiger partial charge in [-0.25, -0.2) is 4.98 Å². The monoisotopic (exact) mass is 435 g/mol. The van der Waals surface area contributed by atoms with Crippen molar-refractivity contribution in [2.45, 2.75) is 6.92 Å². The number of carbonyl (C=O) groups excluding carboxylic acids is 1. The van der Waals surface area contributed by atoms with Crippen LogP contribution in [0.3, 0.4) is 0 Å². The average Bonchev–Trinajstić information content (AvgIpc) is 3.56. The van der Waals surface area contributed by atoms with Crippen LogP contribution in [0.25, 0.3) is 55.0 Å². The summed E-state index contributed by atoms with van der Waals surface area (Å²) in [5, 5.41) is 9.48. The SMILES string of the molecule is CC(=O)c1ccc(-c2nccc3[nH]c(-c4[nH]nc5ncc(-c6ccccc6)cc45)cc23)s1. The summed E-state index contributed by atoms with van der Waals surface area (Å²) in [5.74, 6) is 0.0637. The van der Waals surface area contributed by atoms with Crippen LogP contribution in [0.4, 0.5) is 0 Å². The Kier molecular flexibility index (Phi) is 4.22. The third-order valence-corrected chi connectivity index (χ3v) is 6.71. The molecule has 0 aliphatic heterocycles. The van der Waals surface area contributed by atoms with Crippen molar-refractivity contribution in [3.05, 3.63) is 77.9 Å². The molecule has 0 radical (unpaired) electrons. The first-order valence-corrected chi connectivity index (χ1v) is 11.0. The molecule has 6 nitrogen and oxygen atoms in total. The highest BCUT2D eigenvalue weighted by Crippen LogP contribution is 2.36. The number of H-pyrrole nitrogens is 2. The van der Waals surface area contributed by atoms with Crippen LogP contribution in [0.2, 0.25) is 0 Å². The lowest BCUT2D eigenvalue weighted by Crippen LogP contribution is -1.83. The summed E-state index contributed by atoms with van der Waals surface area (Å²) in [4.78, 5) is 26.1. The van der Waals surface area contributed by atoms with E-state index in [9.17, 15) is 4.79 Å². The number of benzene rings is 1. The second-order valence-electron chi connectivity index (χ2n) is 7.58. The minimum atomic E-state index is 0.0637. The predicted molar refractivity (Wildman–Crippen MR) is 128 cm³/mol. The van der Waals surface area contributed by atoms with E-state index in [4.69, 9.17) is 0 Å². The van der Waals surface area contributed by atoms with Crippen molar-refractivity contribution in [3.63, 3.8) is 0 Å². The van der Waals surface area contributed by atoms with E-state index >= 15 is 0 Å². The third kappa shape index (κ3) is 3.02. The summed E-state index contributed by atoms with van der Waals surface area (Å²) in [5.41, 5.74) is 6.43. The van der Waals surface area contributed by atoms with Gasteiger partial charge in [-0.05, 0) is 42.8 Å². The smallest absolute Gasteiger partial charge is 0.181 e. The molecule has 0 unspecified atom stereocenters. The van der Waals surface area contributed by atoms with Crippen molar-refractivity contribution in [2.75, 3.05) is 0 Å². The molecule has 0 aliphatic rings. The minimum absolute atomic E-state index is 0.0637. The fraction of sp³-hybridized carbons (Fsp3) is 0.0400. The Morgan fingerprint density at radius 3 is 2.62 bits per heavy atom. The lowest BCUT2D eigenvalue weighted by molar-refractivity contribution is 0.102. The van der Waals surface area contributed by atoms with Crippen molar-refractivity contribution >= 4 is 39.1 Å². The van der Waals surface area contributed by atoms with Gasteiger partial charge in [-0.1, -0.05) is 30.3 Å². The van der Waals surface area contributed by atoms with Gasteiger partial charge in [0.05, 0.1) is 26.8 Å². The van der Waals surface area contributed by atoms with Gasteiger partial charge in [-0.15, -0.1) is 11.3 Å². The molecule has 32 heavy (non-hydrogen) atoms. The Hall–Kier alpha value is -4.10. The van der Waals surface area contributed by atoms with Crippen molar-refractivity contribution in [3.8, 4) is 33.1 Å². The Labute approximate surface area is 187 Å². The molecule has 5 heterocycles. The number of hydrogen-bond acceptors (Lipinski definition) is 5. The Bertz CT molecular complexity index is 1610. The lowest BCUT2D eigenvalue weighted by Gasteiger charge is -2.01. The number of thiophene rings is 1. The van der Waals surface area contributed by atoms with Crippen LogP contribution in [0.15, 0.2) is 73.1 Å². The summed E-state index contributed by atoms with van der Waals surface area (Å²) in [6.45, 7) is 1.58. The van der Waals surface area contributed by atoms with Crippen molar-refractivity contribution in [2.24, 2.45) is 0 Å². The van der Waals surface area contributed by atoms with Gasteiger partial charge in [0.1, 0.15) is 0 Å². The van der Waals surface area contributed by atoms with E-state index in [1.54, 1.807) is 13.1 Å². The molecule has 0 fully saturated rings. The minimum Gasteiger partial charge on any atom is -0.353 e. The highest BCUT2D eigenvalue weighted by molar-refractivity contribution is 7.17. The number of carbonyl (C=O) groups is 1. The summed E-state index contributed by atoms with van der Waals surface area (Å²) in [6.07, 6.45) is 3.63. The van der Waals surface area contributed by atoms with Crippen molar-refractivity contribution in [1.82, 2.24) is 25.1 Å². The van der Waals surface area contributed by atoms with Crippen LogP contribution >= 0.6 is 11.3 Å². The van der Waals surface area contributed by atoms with Gasteiger partial charge >= 0.3 is 0 Å². The van der Waals surface area contributed by atoms with E-state index in [1.165, 1.54) is 11.3 Å². The van der Waals surface area contributed by atoms with E-state index in [-0.39, 0.29) is 5.78 Å². The maximum atomic E-state index is 11.7. The molecular weight excluding hydrogens is 418 g/mol. The molecule has 154 valence electrons. The van der Waals surface area contributed by atoms with Crippen LogP contribution in [0, 0.1) is 0 Å². The molecule has 7 heteroatoms. The standard InChI is InChI=1S/C25H17N5OS/c1-14(31)21-7-8-22(32-21)24-17-12-20(28-19(17)9-10-26-24)23-18-11-16(13-27-25(18)30-29-23)15-5-3-2-4-6-15/h2-13,28H,1H3,(H,27,29,30). The number of aromatic amines is 2. The van der Waals surface area contributed by atoms with Crippen LogP contribution in [0.1, 0.15) is 16.6 Å². The number of rotatable bonds is 4. The number of fused-ring (bicyclic) bond motifs is 2. The molecule has 0 saturated heterocycles. The first kappa shape index (κ1) is 18.7. The van der Waals surface area contributed by atoms with Gasteiger partial charge in [-0.3, -0.25) is 14.9 Å². The second-order valence-corrected chi connectivity index (χ2v) is 8.67. The predicted octanol–water partition coefficient (Wildman–Crippen LogP) is 6.10. The largest absolute Gasteiger partial charge is 0.353 e. The Morgan fingerprint density at radius 1 is 0.938 bits per heavy atom. The molecule has 0 amide bonds. The molecule has 0 saturated carbocycles. The fourth-order valence-corrected chi connectivity index (χ4v) is 4.84. The maximum Gasteiger partial charge on any atom is 0.181 e. The summed E-state index contributed by atoms with van der Waals surface area (Å²) in [7, 11) is 0. The molecule has 0 aliphatic carbocycles. The maximum absolute atomic E-state index is 11.7. The number of nitrogens with zero attached hydrogens (tertiary/aromatic N) is 3. The van der Waals surface area contributed by atoms with Crippen LogP contribution in [-0.2, 0) is 0 Å². The average molecular weight is 436 g/mol. The van der Waals surface area contributed by atoms with Crippen LogP contribution < -0.4 is 0 Å². The van der Waals surface area contributed by atoms with Gasteiger partial charge in [0, 0.05) is 34.2 Å². The topological polar surface area (TPSA) is 87.3 Å². The molecule has 0 spiro atoms. The molecule has 6 rings (SSSR count). The number of nitrogens with one attached hydrogen (secondary N) is 2. The quantitative estimate of drug-likeness (QED) is 0.328. The number of ketones is 1. The van der Waals surface area contributed by atoms with Crippen molar-refractivity contribution in [1.29, 1.82) is 0 Å². The first-order chi connectivity index (χ1) is 15.7. The lowest BCUT2D eigenvalue weighted by atomic mass is 10.1. The van der Waals surface area contributed by atoms with E-state index in [2.05, 4.69) is 49.4 Å². The first-order valence-electron chi connectivity index (χ1n) is 10.2. The number of pyridine rings is 2. The van der Waals surface area contributed by atoms with E-state index in [1.807, 2.05) is 42.6 Å². The van der Waals surface area contributed by atoms with E-state index < -0.39 is 0 Å². The van der Waals surface area contributed by atoms with Crippen LogP contribution in [-0.4, -0.2) is 30.9 Å². The summed E-state index contributed by atoms with van der Waals surface area (Å²) >= 11 is 1.46. The number of Topliss-reactive ketones (excluding diaryl/α,β-unsaturated/α-hetero) is 1. The van der Waals surface area contributed by atoms with Crippen LogP contribution in [0.5, 0.6) is 0 Å². The zero-order valence-electron chi connectivity index (χ0n) is 17.1. The zero-order chi connectivity index (χ0) is 21.7. The molecule has 0 bridgehead atoms. The van der Waals surface area contributed by atoms with E-state index in [0.717, 1.165) is 54.3 Å². The summed E-state index contributed by atoms with van der Waals surface area (Å²) in [6, 6.07) is 20.1. The van der Waals surface area contributed by atoms with Crippen molar-refractivity contribution < 1.29 is 4.79 Å². The van der Waals surface area contributed by atoms with E-state index in [0.29, 0.717) is 5.65 Å². The molecule has 2 N–H and O–H groups in total. The Morgan fingerprint density at radius 2 is 1.81 bits per heavy atom. The van der Waals surface area contributed by atoms with Gasteiger partial charge in [0.2, 0.25) is 0 Å². The zero-order valence-corrected chi connectivity index (χ0v) is 17.9. The van der Waals surface area contributed by atoms with Gasteiger partial charge in [0.25, 0.3) is 0 Å². The summed E-state index contributed by atoms with van der Waals surface area (Å²) < 4.78 is 0. The molecular formula is C25H17N5OS. The highest BCUT2D eigenvalue weighted by Gasteiger charge is 2.16. The molecule has 0 atom stereocenters. The van der Waals surface area contributed by atoms with Gasteiger partial charge < -0.3 is 4.98 Å². The van der Waals surface area contributed by atoms with Gasteiger partial charge in [-0.2, -0.15) is 5.10 Å². The second kappa shape index (κ2) is 7.25. The third-order valence-electron chi connectivity index (χ3n) is 5.52. The molecule has 5 aromatic heterocycles. The highest BCUT2D eigenvalue weighted by atomic mass is 32.1. The molecule has 1 aromatic carbocycles. The number of hydrogen-bond donors (Lipinski definition) is 2.